The van der Waals surface area contributed by atoms with E-state index in [1.807, 2.05) is 5.32 Å². The van der Waals surface area contributed by atoms with Gasteiger partial charge in [0.1, 0.15) is 6.04 Å². The monoisotopic (exact) mass is 361 g/mol. The highest BCUT2D eigenvalue weighted by Crippen LogP contribution is 2.25. The van der Waals surface area contributed by atoms with Crippen LogP contribution in [0.25, 0.3) is 0 Å². The van der Waals surface area contributed by atoms with Crippen LogP contribution in [0.3, 0.4) is 0 Å². The van der Waals surface area contributed by atoms with Gasteiger partial charge in [0, 0.05) is 0 Å². The summed E-state index contributed by atoms with van der Waals surface area (Å²) < 4.78 is 5.14. The second kappa shape index (κ2) is 7.34. The van der Waals surface area contributed by atoms with Crippen LogP contribution < -0.4 is 11.1 Å². The molecule has 0 spiro atoms. The van der Waals surface area contributed by atoms with Gasteiger partial charge in [-0.25, -0.2) is 9.59 Å². The first-order valence-corrected chi connectivity index (χ1v) is 7.92. The van der Waals surface area contributed by atoms with Crippen molar-refractivity contribution in [2.24, 2.45) is 11.7 Å². The molecule has 26 heavy (non-hydrogen) atoms. The Hall–Kier alpha value is -3.23. The van der Waals surface area contributed by atoms with Gasteiger partial charge < -0.3 is 10.5 Å². The number of rotatable bonds is 5. The lowest BCUT2D eigenvalue weighted by Crippen LogP contribution is -2.49. The number of urea groups is 1. The van der Waals surface area contributed by atoms with Gasteiger partial charge >= 0.3 is 12.0 Å². The maximum atomic E-state index is 12.4. The third-order valence-corrected chi connectivity index (χ3v) is 3.91. The number of ether oxygens (including phenoxy) is 1. The molecule has 0 radical (unpaired) electrons. The van der Waals surface area contributed by atoms with Gasteiger partial charge in [0.2, 0.25) is 0 Å². The molecule has 2 rings (SSSR count). The Kier molecular flexibility index (Phi) is 5.39. The topological polar surface area (TPSA) is 136 Å². The van der Waals surface area contributed by atoms with Crippen molar-refractivity contribution in [1.29, 1.82) is 0 Å². The molecule has 5 amide bonds. The Balaban J connectivity index is 2.17. The van der Waals surface area contributed by atoms with E-state index in [4.69, 9.17) is 10.5 Å². The quantitative estimate of drug-likeness (QED) is 0.577. The number of nitrogens with one attached hydrogen (secondary N) is 1. The number of imide groups is 2. The summed E-state index contributed by atoms with van der Waals surface area (Å²) >= 11 is 0. The van der Waals surface area contributed by atoms with Crippen LogP contribution in [-0.4, -0.2) is 46.8 Å². The Morgan fingerprint density at radius 2 is 1.54 bits per heavy atom. The molecular weight excluding hydrogens is 342 g/mol. The Labute approximate surface area is 149 Å². The molecule has 3 N–H and O–H groups in total. The molecule has 1 aromatic rings. The summed E-state index contributed by atoms with van der Waals surface area (Å²) in [4.78, 5) is 60.8. The van der Waals surface area contributed by atoms with Crippen molar-refractivity contribution in [3.05, 3.63) is 35.4 Å². The number of nitrogens with zero attached hydrogens (tertiary/aromatic N) is 1. The standard InChI is InChI=1S/C17H19N3O6/c1-8(2)12(13(21)19-17(18)25)26-16(24)9(3)20-14(22)10-6-4-5-7-11(10)15(20)23/h4-9,12H,1-3H3,(H3,18,19,21,25). The van der Waals surface area contributed by atoms with Crippen LogP contribution >= 0.6 is 0 Å². The summed E-state index contributed by atoms with van der Waals surface area (Å²) in [7, 11) is 0. The Morgan fingerprint density at radius 1 is 1.04 bits per heavy atom. The smallest absolute Gasteiger partial charge is 0.329 e. The van der Waals surface area contributed by atoms with E-state index in [2.05, 4.69) is 0 Å². The van der Waals surface area contributed by atoms with Gasteiger partial charge in [-0.15, -0.1) is 0 Å². The molecule has 1 heterocycles. The SMILES string of the molecule is CC(C)C(OC(=O)C(C)N1C(=O)c2ccccc2C1=O)C(=O)NC(N)=O. The van der Waals surface area contributed by atoms with Crippen LogP contribution in [0.4, 0.5) is 4.79 Å². The lowest BCUT2D eigenvalue weighted by molar-refractivity contribution is -0.161. The van der Waals surface area contributed by atoms with E-state index in [9.17, 15) is 24.0 Å². The molecule has 9 heteroatoms. The largest absolute Gasteiger partial charge is 0.450 e. The van der Waals surface area contributed by atoms with Gasteiger partial charge in [-0.05, 0) is 25.0 Å². The van der Waals surface area contributed by atoms with Gasteiger partial charge in [0.25, 0.3) is 17.7 Å². The Morgan fingerprint density at radius 3 is 1.96 bits per heavy atom. The molecule has 0 saturated heterocycles. The molecule has 1 aliphatic heterocycles. The lowest BCUT2D eigenvalue weighted by Gasteiger charge is -2.25. The van der Waals surface area contributed by atoms with Crippen molar-refractivity contribution in [3.63, 3.8) is 0 Å². The zero-order chi connectivity index (χ0) is 19.6. The van der Waals surface area contributed by atoms with E-state index in [1.54, 1.807) is 26.0 Å². The molecule has 2 unspecified atom stereocenters. The average Bonchev–Trinajstić information content (AvgIpc) is 2.82. The normalized spacial score (nSPS) is 15.5. The molecule has 2 atom stereocenters. The molecule has 1 aliphatic rings. The van der Waals surface area contributed by atoms with Crippen LogP contribution in [0.2, 0.25) is 0 Å². The number of esters is 1. The minimum atomic E-state index is -1.30. The van der Waals surface area contributed by atoms with Gasteiger partial charge in [-0.2, -0.15) is 0 Å². The Bertz CT molecular complexity index is 753. The molecule has 0 aromatic heterocycles. The van der Waals surface area contributed by atoms with E-state index in [-0.39, 0.29) is 11.1 Å². The molecular formula is C17H19N3O6. The number of nitrogens with two attached hydrogens (primary N) is 1. The molecule has 9 nitrogen and oxygen atoms in total. The summed E-state index contributed by atoms with van der Waals surface area (Å²) in [6.07, 6.45) is -1.30. The highest BCUT2D eigenvalue weighted by atomic mass is 16.6. The molecule has 0 bridgehead atoms. The number of hydrogen-bond acceptors (Lipinski definition) is 6. The fraction of sp³-hybridized carbons (Fsp3) is 0.353. The predicted molar refractivity (Wildman–Crippen MR) is 88.8 cm³/mol. The highest BCUT2D eigenvalue weighted by molar-refractivity contribution is 6.22. The first-order chi connectivity index (χ1) is 12.1. The molecule has 0 saturated carbocycles. The van der Waals surface area contributed by atoms with Crippen LogP contribution in [0.15, 0.2) is 24.3 Å². The molecule has 1 aromatic carbocycles. The van der Waals surface area contributed by atoms with E-state index in [0.29, 0.717) is 0 Å². The third kappa shape index (κ3) is 3.56. The average molecular weight is 361 g/mol. The number of hydrogen-bond donors (Lipinski definition) is 2. The first-order valence-electron chi connectivity index (χ1n) is 7.92. The van der Waals surface area contributed by atoms with Gasteiger partial charge in [0.15, 0.2) is 6.10 Å². The molecule has 0 aliphatic carbocycles. The van der Waals surface area contributed by atoms with Crippen LogP contribution in [-0.2, 0) is 14.3 Å². The fourth-order valence-electron chi connectivity index (χ4n) is 2.57. The van der Waals surface area contributed by atoms with E-state index in [0.717, 1.165) is 4.90 Å². The van der Waals surface area contributed by atoms with E-state index in [1.165, 1.54) is 19.1 Å². The third-order valence-electron chi connectivity index (χ3n) is 3.91. The van der Waals surface area contributed by atoms with E-state index < -0.39 is 47.8 Å². The maximum Gasteiger partial charge on any atom is 0.329 e. The molecule has 0 fully saturated rings. The number of carbonyl (C=O) groups excluding carboxylic acids is 5. The van der Waals surface area contributed by atoms with Crippen molar-refractivity contribution >= 4 is 29.7 Å². The summed E-state index contributed by atoms with van der Waals surface area (Å²) in [6.45, 7) is 4.53. The van der Waals surface area contributed by atoms with Crippen molar-refractivity contribution in [2.75, 3.05) is 0 Å². The van der Waals surface area contributed by atoms with Gasteiger partial charge in [0.05, 0.1) is 11.1 Å². The van der Waals surface area contributed by atoms with Crippen LogP contribution in [0.5, 0.6) is 0 Å². The second-order valence-electron chi connectivity index (χ2n) is 6.16. The van der Waals surface area contributed by atoms with Crippen LogP contribution in [0, 0.1) is 5.92 Å². The van der Waals surface area contributed by atoms with Crippen LogP contribution in [0.1, 0.15) is 41.5 Å². The van der Waals surface area contributed by atoms with Gasteiger partial charge in [-0.1, -0.05) is 26.0 Å². The zero-order valence-electron chi connectivity index (χ0n) is 14.5. The van der Waals surface area contributed by atoms with Crippen molar-refractivity contribution in [3.8, 4) is 0 Å². The molecule has 138 valence electrons. The van der Waals surface area contributed by atoms with Crippen molar-refractivity contribution in [1.82, 2.24) is 10.2 Å². The second-order valence-corrected chi connectivity index (χ2v) is 6.16. The number of benzene rings is 1. The minimum Gasteiger partial charge on any atom is -0.450 e. The summed E-state index contributed by atoms with van der Waals surface area (Å²) in [5.74, 6) is -3.52. The van der Waals surface area contributed by atoms with E-state index >= 15 is 0 Å². The maximum absolute atomic E-state index is 12.4. The zero-order valence-corrected chi connectivity index (χ0v) is 14.5. The highest BCUT2D eigenvalue weighted by Gasteiger charge is 2.42. The predicted octanol–water partition coefficient (Wildman–Crippen LogP) is 0.434. The van der Waals surface area contributed by atoms with Gasteiger partial charge in [-0.3, -0.25) is 24.6 Å². The van der Waals surface area contributed by atoms with Crippen molar-refractivity contribution in [2.45, 2.75) is 32.9 Å². The first kappa shape index (κ1) is 19.1. The lowest BCUT2D eigenvalue weighted by atomic mass is 10.1. The van der Waals surface area contributed by atoms with Crippen molar-refractivity contribution < 1.29 is 28.7 Å². The number of primary amides is 1. The summed E-state index contributed by atoms with van der Waals surface area (Å²) in [5.41, 5.74) is 5.29. The number of carbonyl (C=O) groups is 5. The summed E-state index contributed by atoms with van der Waals surface area (Å²) in [6, 6.07) is 3.88. The number of amides is 5. The number of fused-ring (bicyclic) bond motifs is 1. The minimum absolute atomic E-state index is 0.198. The summed E-state index contributed by atoms with van der Waals surface area (Å²) in [5, 5.41) is 1.84. The fourth-order valence-corrected chi connectivity index (χ4v) is 2.57.